The Kier molecular flexibility index (Phi) is 5.59. The number of rotatable bonds is 5. The van der Waals surface area contributed by atoms with Gasteiger partial charge in [-0.2, -0.15) is 0 Å². The molecule has 1 aliphatic carbocycles. The molecule has 5 heteroatoms. The molecule has 0 saturated heterocycles. The van der Waals surface area contributed by atoms with Gasteiger partial charge < -0.3 is 11.1 Å². The molecular weight excluding hydrogens is 272 g/mol. The first-order valence-corrected chi connectivity index (χ1v) is 8.56. The summed E-state index contributed by atoms with van der Waals surface area (Å²) in [6.45, 7) is 0. The van der Waals surface area contributed by atoms with Gasteiger partial charge in [-0.1, -0.05) is 19.3 Å². The Morgan fingerprint density at radius 3 is 2.50 bits per heavy atom. The van der Waals surface area contributed by atoms with Crippen LogP contribution in [0.2, 0.25) is 0 Å². The third kappa shape index (κ3) is 4.63. The Labute approximate surface area is 122 Å². The van der Waals surface area contributed by atoms with Gasteiger partial charge in [-0.25, -0.2) is 0 Å². The molecule has 1 amide bonds. The van der Waals surface area contributed by atoms with Gasteiger partial charge in [-0.05, 0) is 37.1 Å². The van der Waals surface area contributed by atoms with Gasteiger partial charge in [0, 0.05) is 39.6 Å². The van der Waals surface area contributed by atoms with Gasteiger partial charge >= 0.3 is 0 Å². The van der Waals surface area contributed by atoms with Gasteiger partial charge in [0.15, 0.2) is 0 Å². The fourth-order valence-electron chi connectivity index (χ4n) is 2.48. The summed E-state index contributed by atoms with van der Waals surface area (Å²) < 4.78 is 12.1. The van der Waals surface area contributed by atoms with E-state index in [1.165, 1.54) is 19.3 Å². The molecule has 1 aromatic rings. The number of nitrogens with two attached hydrogens (primary N) is 1. The maximum absolute atomic E-state index is 12.1. The molecular formula is C15H22N2O2S. The minimum absolute atomic E-state index is 0.0843. The van der Waals surface area contributed by atoms with Gasteiger partial charge in [0.25, 0.3) is 0 Å². The van der Waals surface area contributed by atoms with Crippen LogP contribution >= 0.6 is 0 Å². The number of carbonyl (C=O) groups excluding carboxylic acids is 1. The van der Waals surface area contributed by atoms with Crippen molar-refractivity contribution in [2.75, 3.05) is 16.8 Å². The molecule has 1 unspecified atom stereocenters. The average Bonchev–Trinajstić information content (AvgIpc) is 2.48. The summed E-state index contributed by atoms with van der Waals surface area (Å²) in [6, 6.07) is 7.03. The summed E-state index contributed by atoms with van der Waals surface area (Å²) in [5, 5.41) is 3.10. The summed E-state index contributed by atoms with van der Waals surface area (Å²) in [5.74, 6) is 0.379. The Balaban J connectivity index is 1.74. The third-order valence-corrected chi connectivity index (χ3v) is 5.47. The average molecular weight is 294 g/mol. The highest BCUT2D eigenvalue weighted by Gasteiger charge is 2.20. The molecule has 1 fully saturated rings. The lowest BCUT2D eigenvalue weighted by molar-refractivity contribution is -0.115. The molecule has 4 nitrogen and oxygen atoms in total. The smallest absolute Gasteiger partial charge is 0.225 e. The number of carbonyl (C=O) groups is 1. The van der Waals surface area contributed by atoms with Crippen LogP contribution in [0.5, 0.6) is 0 Å². The summed E-state index contributed by atoms with van der Waals surface area (Å²) in [6.07, 6.45) is 6.01. The number of nitrogen functional groups attached to an aromatic ring is 1. The van der Waals surface area contributed by atoms with Crippen LogP contribution < -0.4 is 11.1 Å². The van der Waals surface area contributed by atoms with E-state index in [1.54, 1.807) is 24.3 Å². The quantitative estimate of drug-likeness (QED) is 0.820. The number of benzene rings is 1. The van der Waals surface area contributed by atoms with Crippen LogP contribution in [0.1, 0.15) is 38.5 Å². The normalized spacial score (nSPS) is 17.6. The maximum Gasteiger partial charge on any atom is 0.225 e. The molecule has 110 valence electrons. The van der Waals surface area contributed by atoms with Crippen molar-refractivity contribution < 1.29 is 9.00 Å². The zero-order chi connectivity index (χ0) is 14.4. The first-order chi connectivity index (χ1) is 9.65. The molecule has 20 heavy (non-hydrogen) atoms. The second-order valence-corrected chi connectivity index (χ2v) is 7.10. The molecule has 0 aliphatic heterocycles. The number of hydrogen-bond donors (Lipinski definition) is 2. The summed E-state index contributed by atoms with van der Waals surface area (Å²) in [4.78, 5) is 11.8. The SMILES string of the molecule is Nc1ccc(NC(=O)CCS(=O)C2CCCCC2)cc1. The van der Waals surface area contributed by atoms with E-state index in [1.807, 2.05) is 0 Å². The summed E-state index contributed by atoms with van der Waals surface area (Å²) in [5.41, 5.74) is 6.98. The van der Waals surface area contributed by atoms with Gasteiger partial charge in [0.1, 0.15) is 0 Å². The Morgan fingerprint density at radius 2 is 1.85 bits per heavy atom. The van der Waals surface area contributed by atoms with Crippen molar-refractivity contribution >= 4 is 28.1 Å². The lowest BCUT2D eigenvalue weighted by atomic mass is 10.0. The Morgan fingerprint density at radius 1 is 1.20 bits per heavy atom. The van der Waals surface area contributed by atoms with Gasteiger partial charge in [-0.15, -0.1) is 0 Å². The molecule has 3 N–H and O–H groups in total. The fourth-order valence-corrected chi connectivity index (χ4v) is 4.06. The third-order valence-electron chi connectivity index (χ3n) is 3.65. The van der Waals surface area contributed by atoms with Crippen LogP contribution in [0.3, 0.4) is 0 Å². The zero-order valence-corrected chi connectivity index (χ0v) is 12.5. The van der Waals surface area contributed by atoms with Crippen molar-refractivity contribution in [3.63, 3.8) is 0 Å². The number of amides is 1. The lowest BCUT2D eigenvalue weighted by Crippen LogP contribution is -2.23. The molecule has 0 radical (unpaired) electrons. The van der Waals surface area contributed by atoms with E-state index in [9.17, 15) is 9.00 Å². The lowest BCUT2D eigenvalue weighted by Gasteiger charge is -2.20. The van der Waals surface area contributed by atoms with E-state index in [0.717, 1.165) is 18.5 Å². The van der Waals surface area contributed by atoms with Gasteiger partial charge in [0.2, 0.25) is 5.91 Å². The zero-order valence-electron chi connectivity index (χ0n) is 11.6. The molecule has 1 aliphatic rings. The predicted molar refractivity (Wildman–Crippen MR) is 84.0 cm³/mol. The van der Waals surface area contributed by atoms with Crippen LogP contribution in [0, 0.1) is 0 Å². The minimum atomic E-state index is -0.870. The monoisotopic (exact) mass is 294 g/mol. The number of hydrogen-bond acceptors (Lipinski definition) is 3. The van der Waals surface area contributed by atoms with E-state index < -0.39 is 10.8 Å². The number of nitrogens with one attached hydrogen (secondary N) is 1. The molecule has 1 saturated carbocycles. The van der Waals surface area contributed by atoms with Crippen molar-refractivity contribution in [2.24, 2.45) is 0 Å². The van der Waals surface area contributed by atoms with E-state index in [-0.39, 0.29) is 5.91 Å². The van der Waals surface area contributed by atoms with Crippen molar-refractivity contribution in [3.05, 3.63) is 24.3 Å². The first kappa shape index (κ1) is 15.0. The second-order valence-electron chi connectivity index (χ2n) is 5.27. The Bertz CT molecular complexity index is 467. The standard InChI is InChI=1S/C15H22N2O2S/c16-12-6-8-13(9-7-12)17-15(18)10-11-20(19)14-4-2-1-3-5-14/h6-9,14H,1-5,10-11,16H2,(H,17,18). The van der Waals surface area contributed by atoms with E-state index in [4.69, 9.17) is 5.73 Å². The predicted octanol–water partition coefficient (Wildman–Crippen LogP) is 2.68. The highest BCUT2D eigenvalue weighted by molar-refractivity contribution is 7.85. The molecule has 1 aromatic carbocycles. The van der Waals surface area contributed by atoms with Crippen LogP contribution in [0.25, 0.3) is 0 Å². The molecule has 0 aromatic heterocycles. The molecule has 0 spiro atoms. The van der Waals surface area contributed by atoms with Crippen molar-refractivity contribution in [1.82, 2.24) is 0 Å². The topological polar surface area (TPSA) is 72.2 Å². The summed E-state index contributed by atoms with van der Waals surface area (Å²) >= 11 is 0. The molecule has 0 heterocycles. The largest absolute Gasteiger partial charge is 0.399 e. The van der Waals surface area contributed by atoms with E-state index in [0.29, 0.717) is 23.1 Å². The van der Waals surface area contributed by atoms with E-state index in [2.05, 4.69) is 5.32 Å². The summed E-state index contributed by atoms with van der Waals surface area (Å²) in [7, 11) is -0.870. The van der Waals surface area contributed by atoms with Crippen LogP contribution in [0.15, 0.2) is 24.3 Å². The minimum Gasteiger partial charge on any atom is -0.399 e. The van der Waals surface area contributed by atoms with Crippen LogP contribution in [-0.4, -0.2) is 21.1 Å². The first-order valence-electron chi connectivity index (χ1n) is 7.18. The van der Waals surface area contributed by atoms with Crippen LogP contribution in [-0.2, 0) is 15.6 Å². The van der Waals surface area contributed by atoms with Gasteiger partial charge in [-0.3, -0.25) is 9.00 Å². The van der Waals surface area contributed by atoms with E-state index >= 15 is 0 Å². The van der Waals surface area contributed by atoms with Crippen molar-refractivity contribution in [2.45, 2.75) is 43.8 Å². The van der Waals surface area contributed by atoms with Gasteiger partial charge in [0.05, 0.1) is 0 Å². The second kappa shape index (κ2) is 7.43. The fraction of sp³-hybridized carbons (Fsp3) is 0.533. The van der Waals surface area contributed by atoms with Crippen molar-refractivity contribution in [3.8, 4) is 0 Å². The number of anilines is 2. The Hall–Kier alpha value is -1.36. The van der Waals surface area contributed by atoms with Crippen LogP contribution in [0.4, 0.5) is 11.4 Å². The molecule has 1 atom stereocenters. The maximum atomic E-state index is 12.1. The highest BCUT2D eigenvalue weighted by Crippen LogP contribution is 2.22. The molecule has 2 rings (SSSR count). The molecule has 0 bridgehead atoms. The highest BCUT2D eigenvalue weighted by atomic mass is 32.2. The van der Waals surface area contributed by atoms with Crippen molar-refractivity contribution in [1.29, 1.82) is 0 Å².